The Bertz CT molecular complexity index is 346. The fourth-order valence-electron chi connectivity index (χ4n) is 1.98. The van der Waals surface area contributed by atoms with Gasteiger partial charge in [0.05, 0.1) is 18.2 Å². The van der Waals surface area contributed by atoms with Crippen molar-refractivity contribution < 1.29 is 0 Å². The van der Waals surface area contributed by atoms with Crippen LogP contribution >= 0.6 is 0 Å². The van der Waals surface area contributed by atoms with Crippen LogP contribution in [0.25, 0.3) is 6.08 Å². The molecule has 0 spiro atoms. The molecule has 94 valence electrons. The predicted molar refractivity (Wildman–Crippen MR) is 73.8 cm³/mol. The number of imidazole rings is 1. The molecule has 17 heavy (non-hydrogen) atoms. The van der Waals surface area contributed by atoms with Crippen LogP contribution in [-0.2, 0) is 6.54 Å². The average molecular weight is 232 g/mol. The van der Waals surface area contributed by atoms with Crippen LogP contribution < -0.4 is 0 Å². The van der Waals surface area contributed by atoms with Crippen molar-refractivity contribution in [3.63, 3.8) is 0 Å². The smallest absolute Gasteiger partial charge is 0.0950 e. The van der Waals surface area contributed by atoms with E-state index in [9.17, 15) is 0 Å². The molecule has 0 aliphatic rings. The van der Waals surface area contributed by atoms with Crippen molar-refractivity contribution in [2.45, 2.75) is 58.4 Å². The zero-order chi connectivity index (χ0) is 12.3. The van der Waals surface area contributed by atoms with E-state index in [1.165, 1.54) is 44.9 Å². The Hall–Kier alpha value is -1.27. The monoisotopic (exact) mass is 232 g/mol. The van der Waals surface area contributed by atoms with E-state index in [1.54, 1.807) is 0 Å². The third kappa shape index (κ3) is 5.55. The normalized spacial score (nSPS) is 10.2. The molecule has 0 aromatic carbocycles. The number of aromatic nitrogens is 2. The maximum absolute atomic E-state index is 4.14. The van der Waals surface area contributed by atoms with Crippen LogP contribution in [0.1, 0.15) is 57.6 Å². The lowest BCUT2D eigenvalue weighted by Gasteiger charge is -2.04. The molecule has 0 atom stereocenters. The third-order valence-corrected chi connectivity index (χ3v) is 3.00. The van der Waals surface area contributed by atoms with Gasteiger partial charge in [-0.05, 0) is 6.42 Å². The number of aryl methyl sites for hydroxylation is 1. The Labute approximate surface area is 105 Å². The first kappa shape index (κ1) is 13.8. The van der Waals surface area contributed by atoms with Crippen LogP contribution in [0.15, 0.2) is 24.8 Å². The van der Waals surface area contributed by atoms with Crippen LogP contribution in [0.3, 0.4) is 0 Å². The second-order valence-corrected chi connectivity index (χ2v) is 4.48. The molecule has 1 aromatic rings. The first-order valence-corrected chi connectivity index (χ1v) is 6.74. The summed E-state index contributed by atoms with van der Waals surface area (Å²) in [4.78, 5) is 4.14. The van der Waals surface area contributed by atoms with Crippen LogP contribution in [0.2, 0.25) is 0 Å². The maximum atomic E-state index is 4.14. The highest BCUT2D eigenvalue weighted by molar-refractivity contribution is 5.42. The largest absolute Gasteiger partial charge is 0.331 e. The topological polar surface area (TPSA) is 17.8 Å². The van der Waals surface area contributed by atoms with Gasteiger partial charge >= 0.3 is 0 Å². The zero-order valence-corrected chi connectivity index (χ0v) is 11.0. The quantitative estimate of drug-likeness (QED) is 0.455. The molecule has 0 aliphatic heterocycles. The van der Waals surface area contributed by atoms with Gasteiger partial charge in [-0.25, -0.2) is 4.98 Å². The lowest BCUT2D eigenvalue weighted by atomic mass is 10.1. The first-order chi connectivity index (χ1) is 8.38. The number of rotatable bonds is 9. The van der Waals surface area contributed by atoms with Gasteiger partial charge in [0.25, 0.3) is 0 Å². The van der Waals surface area contributed by atoms with Crippen molar-refractivity contribution in [2.24, 2.45) is 0 Å². The SMILES string of the molecule is C=C=Cc1cncn1CCCCCCCCC. The highest BCUT2D eigenvalue weighted by Crippen LogP contribution is 2.09. The molecule has 1 heterocycles. The summed E-state index contributed by atoms with van der Waals surface area (Å²) in [6, 6.07) is 0. The number of hydrogen-bond acceptors (Lipinski definition) is 1. The van der Waals surface area contributed by atoms with Gasteiger partial charge in [-0.1, -0.05) is 52.0 Å². The molecule has 0 fully saturated rings. The Balaban J connectivity index is 2.13. The molecule has 0 aliphatic carbocycles. The lowest BCUT2D eigenvalue weighted by molar-refractivity contribution is 0.548. The van der Waals surface area contributed by atoms with E-state index in [0.29, 0.717) is 0 Å². The van der Waals surface area contributed by atoms with Gasteiger partial charge in [0.1, 0.15) is 0 Å². The summed E-state index contributed by atoms with van der Waals surface area (Å²) in [5.41, 5.74) is 3.90. The fourth-order valence-corrected chi connectivity index (χ4v) is 1.98. The summed E-state index contributed by atoms with van der Waals surface area (Å²) in [7, 11) is 0. The van der Waals surface area contributed by atoms with Gasteiger partial charge in [-0.15, -0.1) is 5.73 Å². The molecule has 1 aromatic heterocycles. The Morgan fingerprint density at radius 3 is 2.65 bits per heavy atom. The molecule has 0 radical (unpaired) electrons. The van der Waals surface area contributed by atoms with Gasteiger partial charge in [0.2, 0.25) is 0 Å². The molecule has 2 nitrogen and oxygen atoms in total. The average Bonchev–Trinajstić information content (AvgIpc) is 2.76. The van der Waals surface area contributed by atoms with Crippen molar-refractivity contribution in [3.05, 3.63) is 30.5 Å². The van der Waals surface area contributed by atoms with E-state index in [0.717, 1.165) is 12.2 Å². The highest BCUT2D eigenvalue weighted by atomic mass is 15.0. The summed E-state index contributed by atoms with van der Waals surface area (Å²) in [5.74, 6) is 0. The minimum absolute atomic E-state index is 1.06. The summed E-state index contributed by atoms with van der Waals surface area (Å²) in [6.07, 6.45) is 15.0. The lowest BCUT2D eigenvalue weighted by Crippen LogP contribution is -1.98. The molecule has 0 amide bonds. The van der Waals surface area contributed by atoms with Gasteiger partial charge in [-0.3, -0.25) is 0 Å². The van der Waals surface area contributed by atoms with Crippen LogP contribution in [0.4, 0.5) is 0 Å². The summed E-state index contributed by atoms with van der Waals surface area (Å²) < 4.78 is 2.17. The fraction of sp³-hybridized carbons (Fsp3) is 0.600. The van der Waals surface area contributed by atoms with Crippen LogP contribution in [0, 0.1) is 0 Å². The van der Waals surface area contributed by atoms with E-state index in [4.69, 9.17) is 0 Å². The Morgan fingerprint density at radius 1 is 1.24 bits per heavy atom. The standard InChI is InChI=1S/C15H24N2/c1-3-5-6-7-8-9-10-12-17-14-16-13-15(17)11-4-2/h11,13-14H,2-3,5-10,12H2,1H3. The zero-order valence-electron chi connectivity index (χ0n) is 11.0. The number of unbranched alkanes of at least 4 members (excludes halogenated alkanes) is 6. The van der Waals surface area contributed by atoms with Gasteiger partial charge in [-0.2, -0.15) is 0 Å². The van der Waals surface area contributed by atoms with E-state index < -0.39 is 0 Å². The molecule has 0 saturated carbocycles. The Morgan fingerprint density at radius 2 is 1.94 bits per heavy atom. The van der Waals surface area contributed by atoms with E-state index in [2.05, 4.69) is 28.8 Å². The predicted octanol–water partition coefficient (Wildman–Crippen LogP) is 4.43. The summed E-state index contributed by atoms with van der Waals surface area (Å²) in [6.45, 7) is 6.91. The molecule has 0 N–H and O–H groups in total. The van der Waals surface area contributed by atoms with Gasteiger partial charge < -0.3 is 4.57 Å². The van der Waals surface area contributed by atoms with Crippen LogP contribution in [-0.4, -0.2) is 9.55 Å². The maximum Gasteiger partial charge on any atom is 0.0950 e. The Kier molecular flexibility index (Phi) is 7.17. The second-order valence-electron chi connectivity index (χ2n) is 4.48. The van der Waals surface area contributed by atoms with E-state index in [1.807, 2.05) is 18.6 Å². The van der Waals surface area contributed by atoms with Gasteiger partial charge in [0.15, 0.2) is 0 Å². The molecule has 0 unspecified atom stereocenters. The molecule has 0 bridgehead atoms. The minimum atomic E-state index is 1.06. The number of nitrogens with zero attached hydrogens (tertiary/aromatic N) is 2. The van der Waals surface area contributed by atoms with Crippen molar-refractivity contribution in [1.29, 1.82) is 0 Å². The number of hydrogen-bond donors (Lipinski definition) is 0. The molecule has 0 saturated heterocycles. The van der Waals surface area contributed by atoms with Crippen molar-refractivity contribution in [2.75, 3.05) is 0 Å². The summed E-state index contributed by atoms with van der Waals surface area (Å²) >= 11 is 0. The molecule has 2 heteroatoms. The highest BCUT2D eigenvalue weighted by Gasteiger charge is 1.97. The third-order valence-electron chi connectivity index (χ3n) is 3.00. The summed E-state index contributed by atoms with van der Waals surface area (Å²) in [5, 5.41) is 0. The molecule has 1 rings (SSSR count). The van der Waals surface area contributed by atoms with E-state index in [-0.39, 0.29) is 0 Å². The van der Waals surface area contributed by atoms with E-state index >= 15 is 0 Å². The minimum Gasteiger partial charge on any atom is -0.331 e. The van der Waals surface area contributed by atoms with Gasteiger partial charge in [0, 0.05) is 12.6 Å². The van der Waals surface area contributed by atoms with Crippen molar-refractivity contribution >= 4 is 6.08 Å². The van der Waals surface area contributed by atoms with Crippen molar-refractivity contribution in [3.8, 4) is 0 Å². The molecular formula is C15H24N2. The first-order valence-electron chi connectivity index (χ1n) is 6.74. The second kappa shape index (κ2) is 8.83. The van der Waals surface area contributed by atoms with Crippen molar-refractivity contribution in [1.82, 2.24) is 9.55 Å². The molecular weight excluding hydrogens is 208 g/mol. The van der Waals surface area contributed by atoms with Crippen LogP contribution in [0.5, 0.6) is 0 Å².